The van der Waals surface area contributed by atoms with Crippen LogP contribution in [0.25, 0.3) is 0 Å². The lowest BCUT2D eigenvalue weighted by atomic mass is 9.89. The van der Waals surface area contributed by atoms with E-state index < -0.39 is 60.4 Å². The highest BCUT2D eigenvalue weighted by Crippen LogP contribution is 2.24. The van der Waals surface area contributed by atoms with Crippen molar-refractivity contribution >= 4 is 23.9 Å². The SMILES string of the molecule is C=C(C)C(=O)OCC(O)Cc1ccc(C(=O)O)c(C(=O)O)c1CC(O)COC(=O)C(=C)C. The van der Waals surface area contributed by atoms with Crippen LogP contribution >= 0.6 is 0 Å². The molecule has 2 atom stereocenters. The summed E-state index contributed by atoms with van der Waals surface area (Å²) < 4.78 is 9.73. The molecule has 0 amide bonds. The lowest BCUT2D eigenvalue weighted by Gasteiger charge is -2.20. The van der Waals surface area contributed by atoms with Crippen LogP contribution < -0.4 is 0 Å². The van der Waals surface area contributed by atoms with E-state index in [1.807, 2.05) is 0 Å². The van der Waals surface area contributed by atoms with Gasteiger partial charge in [-0.1, -0.05) is 19.2 Å². The van der Waals surface area contributed by atoms with Crippen LogP contribution in [0.15, 0.2) is 36.4 Å². The summed E-state index contributed by atoms with van der Waals surface area (Å²) in [6, 6.07) is 2.38. The van der Waals surface area contributed by atoms with Crippen molar-refractivity contribution in [1.82, 2.24) is 0 Å². The van der Waals surface area contributed by atoms with Gasteiger partial charge in [0.15, 0.2) is 0 Å². The highest BCUT2D eigenvalue weighted by molar-refractivity contribution is 6.03. The second-order valence-electron chi connectivity index (χ2n) is 7.21. The summed E-state index contributed by atoms with van der Waals surface area (Å²) in [5.74, 6) is -4.51. The van der Waals surface area contributed by atoms with E-state index in [1.165, 1.54) is 19.9 Å². The number of ether oxygens (including phenoxy) is 2. The smallest absolute Gasteiger partial charge is 0.336 e. The fourth-order valence-electron chi connectivity index (χ4n) is 2.74. The normalized spacial score (nSPS) is 12.4. The molecule has 0 bridgehead atoms. The van der Waals surface area contributed by atoms with E-state index in [0.29, 0.717) is 0 Å². The number of aromatic carboxylic acids is 2. The summed E-state index contributed by atoms with van der Waals surface area (Å²) in [5, 5.41) is 39.5. The average Bonchev–Trinajstić information content (AvgIpc) is 2.70. The van der Waals surface area contributed by atoms with Gasteiger partial charge in [0.05, 0.1) is 23.3 Å². The molecule has 0 aliphatic carbocycles. The van der Waals surface area contributed by atoms with Crippen molar-refractivity contribution in [2.75, 3.05) is 13.2 Å². The first kappa shape index (κ1) is 26.5. The highest BCUT2D eigenvalue weighted by atomic mass is 16.5. The molecule has 2 unspecified atom stereocenters. The van der Waals surface area contributed by atoms with Crippen molar-refractivity contribution in [2.24, 2.45) is 0 Å². The van der Waals surface area contributed by atoms with Crippen molar-refractivity contribution in [3.8, 4) is 0 Å². The van der Waals surface area contributed by atoms with Crippen LogP contribution in [-0.4, -0.2) is 69.7 Å². The summed E-state index contributed by atoms with van der Waals surface area (Å²) in [6.45, 7) is 8.76. The van der Waals surface area contributed by atoms with Gasteiger partial charge in [-0.3, -0.25) is 0 Å². The Morgan fingerprint density at radius 1 is 0.844 bits per heavy atom. The van der Waals surface area contributed by atoms with Crippen molar-refractivity contribution in [1.29, 1.82) is 0 Å². The molecular formula is C22H26O10. The van der Waals surface area contributed by atoms with Crippen LogP contribution in [0.5, 0.6) is 0 Å². The molecule has 0 heterocycles. The van der Waals surface area contributed by atoms with E-state index in [0.717, 1.165) is 6.07 Å². The van der Waals surface area contributed by atoms with Gasteiger partial charge in [0, 0.05) is 24.0 Å². The van der Waals surface area contributed by atoms with Crippen LogP contribution in [0.4, 0.5) is 0 Å². The second kappa shape index (κ2) is 11.8. The molecule has 0 aliphatic heterocycles. The summed E-state index contributed by atoms with van der Waals surface area (Å²) >= 11 is 0. The van der Waals surface area contributed by atoms with E-state index in [4.69, 9.17) is 9.47 Å². The molecule has 10 nitrogen and oxygen atoms in total. The van der Waals surface area contributed by atoms with Gasteiger partial charge in [0.2, 0.25) is 0 Å². The number of benzene rings is 1. The van der Waals surface area contributed by atoms with Crippen molar-refractivity contribution in [2.45, 2.75) is 38.9 Å². The number of aliphatic hydroxyl groups is 2. The Bertz CT molecular complexity index is 931. The summed E-state index contributed by atoms with van der Waals surface area (Å²) in [6.07, 6.45) is -3.18. The Hall–Kier alpha value is -3.50. The molecule has 10 heteroatoms. The number of esters is 2. The summed E-state index contributed by atoms with van der Waals surface area (Å²) in [5.41, 5.74) is -0.677. The molecule has 0 saturated carbocycles. The monoisotopic (exact) mass is 450 g/mol. The number of hydrogen-bond donors (Lipinski definition) is 4. The fraction of sp³-hybridized carbons (Fsp3) is 0.364. The molecule has 0 aliphatic rings. The first-order valence-electron chi connectivity index (χ1n) is 9.47. The lowest BCUT2D eigenvalue weighted by molar-refractivity contribution is -0.142. The minimum Gasteiger partial charge on any atom is -0.478 e. The average molecular weight is 450 g/mol. The number of aliphatic hydroxyl groups excluding tert-OH is 2. The van der Waals surface area contributed by atoms with E-state index in [1.54, 1.807) is 0 Å². The van der Waals surface area contributed by atoms with Crippen LogP contribution in [-0.2, 0) is 31.9 Å². The second-order valence-corrected chi connectivity index (χ2v) is 7.21. The minimum absolute atomic E-state index is 0.0541. The van der Waals surface area contributed by atoms with Gasteiger partial charge < -0.3 is 29.9 Å². The molecule has 1 aromatic rings. The first-order valence-corrected chi connectivity index (χ1v) is 9.47. The number of carbonyl (C=O) groups excluding carboxylic acids is 2. The summed E-state index contributed by atoms with van der Waals surface area (Å²) in [4.78, 5) is 46.4. The lowest BCUT2D eigenvalue weighted by Crippen LogP contribution is -2.26. The topological polar surface area (TPSA) is 168 Å². The van der Waals surface area contributed by atoms with Crippen LogP contribution in [0.1, 0.15) is 45.7 Å². The zero-order valence-electron chi connectivity index (χ0n) is 17.8. The van der Waals surface area contributed by atoms with Crippen molar-refractivity contribution < 1.29 is 49.1 Å². The van der Waals surface area contributed by atoms with E-state index in [2.05, 4.69) is 13.2 Å². The standard InChI is InChI=1S/C22H26O10/c1-11(2)21(29)31-9-14(23)7-13-5-6-16(19(25)26)18(20(27)28)17(13)8-15(24)10-32-22(30)12(3)4/h5-6,14-15,23-24H,1,3,7-10H2,2,4H3,(H,25,26)(H,27,28). The van der Waals surface area contributed by atoms with Crippen LogP contribution in [0.2, 0.25) is 0 Å². The van der Waals surface area contributed by atoms with E-state index in [-0.39, 0.29) is 35.1 Å². The Balaban J connectivity index is 3.22. The van der Waals surface area contributed by atoms with Gasteiger partial charge in [-0.15, -0.1) is 0 Å². The zero-order valence-corrected chi connectivity index (χ0v) is 17.8. The van der Waals surface area contributed by atoms with Crippen LogP contribution in [0.3, 0.4) is 0 Å². The Kier molecular flexibility index (Phi) is 9.76. The molecule has 174 valence electrons. The van der Waals surface area contributed by atoms with Gasteiger partial charge in [0.25, 0.3) is 0 Å². The molecule has 0 spiro atoms. The first-order chi connectivity index (χ1) is 14.8. The highest BCUT2D eigenvalue weighted by Gasteiger charge is 2.26. The Labute approximate surface area is 184 Å². The fourth-order valence-corrected chi connectivity index (χ4v) is 2.74. The zero-order chi connectivity index (χ0) is 24.6. The molecule has 0 radical (unpaired) electrons. The number of rotatable bonds is 12. The quantitative estimate of drug-likeness (QED) is 0.268. The summed E-state index contributed by atoms with van der Waals surface area (Å²) in [7, 11) is 0. The largest absolute Gasteiger partial charge is 0.478 e. The predicted octanol–water partition coefficient (Wildman–Crippen LogP) is 1.13. The molecule has 0 saturated heterocycles. The van der Waals surface area contributed by atoms with Gasteiger partial charge >= 0.3 is 23.9 Å². The third kappa shape index (κ3) is 7.64. The van der Waals surface area contributed by atoms with Gasteiger partial charge in [-0.05, 0) is 31.0 Å². The maximum atomic E-state index is 11.8. The molecule has 1 rings (SSSR count). The molecule has 32 heavy (non-hydrogen) atoms. The maximum absolute atomic E-state index is 11.8. The van der Waals surface area contributed by atoms with E-state index in [9.17, 15) is 39.6 Å². The number of carboxylic acid groups (broad SMARTS) is 2. The Morgan fingerprint density at radius 3 is 1.72 bits per heavy atom. The number of hydrogen-bond acceptors (Lipinski definition) is 8. The van der Waals surface area contributed by atoms with Crippen LogP contribution in [0, 0.1) is 0 Å². The van der Waals surface area contributed by atoms with Crippen molar-refractivity contribution in [3.05, 3.63) is 58.7 Å². The Morgan fingerprint density at radius 2 is 1.31 bits per heavy atom. The molecule has 0 fully saturated rings. The van der Waals surface area contributed by atoms with E-state index >= 15 is 0 Å². The molecule has 4 N–H and O–H groups in total. The maximum Gasteiger partial charge on any atom is 0.336 e. The molecule has 0 aromatic heterocycles. The van der Waals surface area contributed by atoms with Gasteiger partial charge in [0.1, 0.15) is 13.2 Å². The minimum atomic E-state index is -1.55. The predicted molar refractivity (Wildman–Crippen MR) is 111 cm³/mol. The van der Waals surface area contributed by atoms with Crippen molar-refractivity contribution in [3.63, 3.8) is 0 Å². The third-order valence-corrected chi connectivity index (χ3v) is 4.26. The third-order valence-electron chi connectivity index (χ3n) is 4.26. The molecular weight excluding hydrogens is 424 g/mol. The number of carboxylic acids is 2. The number of carbonyl (C=O) groups is 4. The van der Waals surface area contributed by atoms with Gasteiger partial charge in [-0.2, -0.15) is 0 Å². The molecule has 1 aromatic carbocycles. The van der Waals surface area contributed by atoms with Gasteiger partial charge in [-0.25, -0.2) is 19.2 Å².